The van der Waals surface area contributed by atoms with E-state index in [1.807, 2.05) is 0 Å². The number of rotatable bonds is 0. The fraction of sp³-hybridized carbons (Fsp3) is 0. The molecule has 1 radical (unpaired) electrons. The van der Waals surface area contributed by atoms with Crippen LogP contribution < -0.4 is 20.4 Å². The van der Waals surface area contributed by atoms with Crippen molar-refractivity contribution in [2.75, 3.05) is 0 Å². The molecular formula is C4MnNiO8. The molecule has 0 fully saturated rings. The number of carboxylic acids is 4. The van der Waals surface area contributed by atoms with Crippen LogP contribution in [0, 0.1) is 0 Å². The van der Waals surface area contributed by atoms with Crippen molar-refractivity contribution < 1.29 is 73.2 Å². The molecule has 0 heterocycles. The summed E-state index contributed by atoms with van der Waals surface area (Å²) >= 11 is 0. The van der Waals surface area contributed by atoms with Crippen molar-refractivity contribution in [1.82, 2.24) is 0 Å². The first kappa shape index (κ1) is 23.1. The van der Waals surface area contributed by atoms with Crippen LogP contribution in [0.3, 0.4) is 0 Å². The van der Waals surface area contributed by atoms with Crippen LogP contribution >= 0.6 is 0 Å². The largest absolute Gasteiger partial charge is 2.00 e. The van der Waals surface area contributed by atoms with Gasteiger partial charge in [0.15, 0.2) is 0 Å². The molecule has 0 spiro atoms. The van der Waals surface area contributed by atoms with Crippen LogP contribution in [0.4, 0.5) is 0 Å². The molecule has 10 heteroatoms. The first-order valence-corrected chi connectivity index (χ1v) is 2.13. The smallest absolute Gasteiger partial charge is 0.543 e. The maximum absolute atomic E-state index is 8.93. The Morgan fingerprint density at radius 1 is 0.571 bits per heavy atom. The maximum Gasteiger partial charge on any atom is 2.00 e. The normalized spacial score (nSPS) is 6.29. The quantitative estimate of drug-likeness (QED) is 0.314. The predicted molar refractivity (Wildman–Crippen MR) is 20.0 cm³/mol. The maximum atomic E-state index is 8.93. The van der Waals surface area contributed by atoms with E-state index in [4.69, 9.17) is 39.6 Å². The molecule has 0 bridgehead atoms. The number of hydrogen-bond donors (Lipinski definition) is 0. The number of carbonyl (C=O) groups is 4. The van der Waals surface area contributed by atoms with Gasteiger partial charge in [0.25, 0.3) is 0 Å². The third-order valence-electron chi connectivity index (χ3n) is 0.333. The fourth-order valence-corrected chi connectivity index (χ4v) is 0. The molecule has 0 aromatic heterocycles. The van der Waals surface area contributed by atoms with E-state index in [0.29, 0.717) is 0 Å². The molecule has 14 heavy (non-hydrogen) atoms. The molecule has 81 valence electrons. The summed E-state index contributed by atoms with van der Waals surface area (Å²) in [5, 5.41) is 35.7. The zero-order valence-electron chi connectivity index (χ0n) is 5.96. The number of hydrogen-bond acceptors (Lipinski definition) is 8. The summed E-state index contributed by atoms with van der Waals surface area (Å²) in [7, 11) is 0. The van der Waals surface area contributed by atoms with Crippen molar-refractivity contribution >= 4 is 23.9 Å². The van der Waals surface area contributed by atoms with Crippen LogP contribution in [0.2, 0.25) is 0 Å². The summed E-state index contributed by atoms with van der Waals surface area (Å²) < 4.78 is 0. The molecule has 0 saturated carbocycles. The van der Waals surface area contributed by atoms with Gasteiger partial charge < -0.3 is 39.6 Å². The minimum Gasteiger partial charge on any atom is -0.543 e. The Hall–Kier alpha value is -1.11. The van der Waals surface area contributed by atoms with Crippen LogP contribution in [0.15, 0.2) is 0 Å². The van der Waals surface area contributed by atoms with Gasteiger partial charge in [0.2, 0.25) is 0 Å². The molecule has 0 aromatic carbocycles. The first-order valence-electron chi connectivity index (χ1n) is 2.13. The monoisotopic (exact) mass is 289 g/mol. The van der Waals surface area contributed by atoms with Crippen molar-refractivity contribution in [3.63, 3.8) is 0 Å². The standard InChI is InChI=1S/2C2H2O4.Mn.Ni/c2*3-1(4)2(5)6;;/h2*(H,3,4)(H,5,6);;/q;;2*+2/p-4. The van der Waals surface area contributed by atoms with Gasteiger partial charge in [-0.25, -0.2) is 0 Å². The average Bonchev–Trinajstić information content (AvgIpc) is 1.88. The van der Waals surface area contributed by atoms with Crippen molar-refractivity contribution in [2.24, 2.45) is 0 Å². The molecule has 0 saturated heterocycles. The zero-order chi connectivity index (χ0) is 10.3. The van der Waals surface area contributed by atoms with Crippen LogP contribution in [0.25, 0.3) is 0 Å². The fourth-order valence-electron chi connectivity index (χ4n) is 0. The van der Waals surface area contributed by atoms with Crippen LogP contribution in [-0.2, 0) is 52.7 Å². The van der Waals surface area contributed by atoms with Crippen molar-refractivity contribution in [3.05, 3.63) is 0 Å². The minimum atomic E-state index is -2.19. The van der Waals surface area contributed by atoms with Gasteiger partial charge in [0, 0.05) is 0 Å². The van der Waals surface area contributed by atoms with Gasteiger partial charge in [-0.05, 0) is 0 Å². The van der Waals surface area contributed by atoms with Crippen LogP contribution in [0.5, 0.6) is 0 Å². The van der Waals surface area contributed by atoms with Gasteiger partial charge in [-0.15, -0.1) is 0 Å². The number of aliphatic carboxylic acids is 4. The van der Waals surface area contributed by atoms with Crippen LogP contribution in [0.1, 0.15) is 0 Å². The SMILES string of the molecule is O=C([O-])C(=O)[O-].O=C([O-])C(=O)[O-].[Mn+2].[Ni+2]. The Morgan fingerprint density at radius 3 is 0.643 bits per heavy atom. The zero-order valence-corrected chi connectivity index (χ0v) is 8.13. The molecule has 0 N–H and O–H groups in total. The molecule has 0 amide bonds. The van der Waals surface area contributed by atoms with E-state index < -0.39 is 23.9 Å². The summed E-state index contributed by atoms with van der Waals surface area (Å²) in [5.41, 5.74) is 0. The van der Waals surface area contributed by atoms with Gasteiger partial charge in [-0.3, -0.25) is 0 Å². The molecule has 0 unspecified atom stereocenters. The Labute approximate surface area is 97.3 Å². The third-order valence-corrected chi connectivity index (χ3v) is 0.333. The molecule has 0 aliphatic heterocycles. The second kappa shape index (κ2) is 11.9. The van der Waals surface area contributed by atoms with E-state index in [9.17, 15) is 0 Å². The second-order valence-electron chi connectivity index (χ2n) is 1.15. The minimum absolute atomic E-state index is 0. The van der Waals surface area contributed by atoms with E-state index in [0.717, 1.165) is 0 Å². The van der Waals surface area contributed by atoms with E-state index in [-0.39, 0.29) is 33.6 Å². The molecule has 0 aliphatic carbocycles. The molecule has 0 aliphatic rings. The molecule has 0 aromatic rings. The Morgan fingerprint density at radius 2 is 0.643 bits per heavy atom. The number of carboxylic acid groups (broad SMARTS) is 4. The van der Waals surface area contributed by atoms with E-state index in [2.05, 4.69) is 0 Å². The average molecular weight is 290 g/mol. The van der Waals surface area contributed by atoms with Crippen molar-refractivity contribution in [1.29, 1.82) is 0 Å². The van der Waals surface area contributed by atoms with Crippen molar-refractivity contribution in [2.45, 2.75) is 0 Å². The molecule has 0 atom stereocenters. The van der Waals surface area contributed by atoms with Gasteiger partial charge in [0.1, 0.15) is 0 Å². The number of carbonyl (C=O) groups excluding carboxylic acids is 4. The topological polar surface area (TPSA) is 161 Å². The second-order valence-corrected chi connectivity index (χ2v) is 1.15. The van der Waals surface area contributed by atoms with E-state index in [1.54, 1.807) is 0 Å². The van der Waals surface area contributed by atoms with Gasteiger partial charge >= 0.3 is 33.6 Å². The predicted octanol–water partition coefficient (Wildman–Crippen LogP) is -7.03. The summed E-state index contributed by atoms with van der Waals surface area (Å²) in [6, 6.07) is 0. The summed E-state index contributed by atoms with van der Waals surface area (Å²) in [4.78, 5) is 35.7. The Balaban J connectivity index is -0.0000000625. The van der Waals surface area contributed by atoms with E-state index in [1.165, 1.54) is 0 Å². The van der Waals surface area contributed by atoms with Gasteiger partial charge in [0.05, 0.1) is 23.9 Å². The summed E-state index contributed by atoms with van der Waals surface area (Å²) in [6.45, 7) is 0. The van der Waals surface area contributed by atoms with E-state index >= 15 is 0 Å². The first-order chi connectivity index (χ1) is 5.29. The summed E-state index contributed by atoms with van der Waals surface area (Å²) in [6.07, 6.45) is 0. The Kier molecular flexibility index (Phi) is 19.6. The third kappa shape index (κ3) is 22.4. The van der Waals surface area contributed by atoms with Crippen LogP contribution in [-0.4, -0.2) is 23.9 Å². The van der Waals surface area contributed by atoms with Gasteiger partial charge in [-0.2, -0.15) is 0 Å². The Bertz CT molecular complexity index is 177. The van der Waals surface area contributed by atoms with Gasteiger partial charge in [-0.1, -0.05) is 0 Å². The molecular weight excluding hydrogens is 290 g/mol. The summed E-state index contributed by atoms with van der Waals surface area (Å²) in [5.74, 6) is -8.74. The van der Waals surface area contributed by atoms with Crippen molar-refractivity contribution in [3.8, 4) is 0 Å². The molecule has 0 rings (SSSR count). The molecule has 8 nitrogen and oxygen atoms in total.